The van der Waals surface area contributed by atoms with Crippen molar-refractivity contribution in [3.63, 3.8) is 0 Å². The molecule has 3 rings (SSSR count). The van der Waals surface area contributed by atoms with Gasteiger partial charge in [-0.25, -0.2) is 13.6 Å². The van der Waals surface area contributed by atoms with Gasteiger partial charge in [0.1, 0.15) is 17.0 Å². The fourth-order valence-corrected chi connectivity index (χ4v) is 5.57. The zero-order valence-electron chi connectivity index (χ0n) is 21.0. The monoisotopic (exact) mass is 550 g/mol. The van der Waals surface area contributed by atoms with Crippen LogP contribution in [-0.2, 0) is 10.2 Å². The highest BCUT2D eigenvalue weighted by molar-refractivity contribution is 6.31. The Morgan fingerprint density at radius 3 is 2.54 bits per heavy atom. The van der Waals surface area contributed by atoms with Crippen LogP contribution in [0.25, 0.3) is 0 Å². The summed E-state index contributed by atoms with van der Waals surface area (Å²) < 4.78 is 31.1. The van der Waals surface area contributed by atoms with Crippen molar-refractivity contribution >= 4 is 35.1 Å². The number of nitrogens with one attached hydrogen (secondary N) is 1. The highest BCUT2D eigenvalue weighted by Gasteiger charge is 2.60. The van der Waals surface area contributed by atoms with Gasteiger partial charge in [0.25, 0.3) is 0 Å². The van der Waals surface area contributed by atoms with Crippen molar-refractivity contribution in [1.82, 2.24) is 10.2 Å². The van der Waals surface area contributed by atoms with Crippen LogP contribution in [0.5, 0.6) is 0 Å². The average molecular weight is 551 g/mol. The van der Waals surface area contributed by atoms with Crippen LogP contribution in [0.15, 0.2) is 36.4 Å². The maximum absolute atomic E-state index is 15.5. The van der Waals surface area contributed by atoms with Crippen LogP contribution >= 0.6 is 23.2 Å². The summed E-state index contributed by atoms with van der Waals surface area (Å²) in [6.45, 7) is 6.14. The molecule has 37 heavy (non-hydrogen) atoms. The van der Waals surface area contributed by atoms with E-state index in [4.69, 9.17) is 28.9 Å². The number of nitriles is 1. The molecule has 3 amide bonds. The Morgan fingerprint density at radius 2 is 1.95 bits per heavy atom. The molecule has 2 aromatic rings. The van der Waals surface area contributed by atoms with Crippen LogP contribution in [0.2, 0.25) is 10.0 Å². The molecule has 2 aromatic carbocycles. The molecule has 6 nitrogen and oxygen atoms in total. The molecule has 0 unspecified atom stereocenters. The lowest BCUT2D eigenvalue weighted by molar-refractivity contribution is -0.118. The Hall–Kier alpha value is -2.89. The molecule has 1 saturated heterocycles. The number of carbonyl (C=O) groups is 2. The minimum atomic E-state index is -1.65. The second kappa shape index (κ2) is 11.2. The lowest BCUT2D eigenvalue weighted by Gasteiger charge is -2.38. The molecule has 1 aliphatic rings. The molecule has 1 aliphatic heterocycles. The van der Waals surface area contributed by atoms with Crippen molar-refractivity contribution in [1.29, 1.82) is 5.26 Å². The topological polar surface area (TPSA) is 99.2 Å². The standard InChI is InChI=1S/C27H30Cl2F2N4O2/c1-26(2,3)13-16-14-35(25(37)34-11-5-8-22(33)36)24(18-6-4-7-20(29)23(18)31)27(16,15-32)19-10-9-17(28)12-21(19)30/h4,6-7,9-10,12,16,24H,5,8,11,13-14H2,1-3H3,(H2,33,36)(H,34,37)/t16-,24-,27-/m1/s1. The molecule has 3 atom stereocenters. The number of nitrogens with zero attached hydrogens (tertiary/aromatic N) is 2. The van der Waals surface area contributed by atoms with Crippen LogP contribution in [-0.4, -0.2) is 29.9 Å². The molecular weight excluding hydrogens is 521 g/mol. The Kier molecular flexibility index (Phi) is 8.71. The predicted molar refractivity (Wildman–Crippen MR) is 139 cm³/mol. The predicted octanol–water partition coefficient (Wildman–Crippen LogP) is 6.12. The van der Waals surface area contributed by atoms with Crippen LogP contribution in [0.3, 0.4) is 0 Å². The molecule has 1 fully saturated rings. The first kappa shape index (κ1) is 28.7. The molecule has 0 spiro atoms. The van der Waals surface area contributed by atoms with Crippen LogP contribution in [0.1, 0.15) is 57.2 Å². The second-order valence-electron chi connectivity index (χ2n) is 10.6. The highest BCUT2D eigenvalue weighted by atomic mass is 35.5. The third-order valence-electron chi connectivity index (χ3n) is 6.64. The Morgan fingerprint density at radius 1 is 1.24 bits per heavy atom. The average Bonchev–Trinajstić information content (AvgIpc) is 3.11. The van der Waals surface area contributed by atoms with Gasteiger partial charge < -0.3 is 16.0 Å². The van der Waals surface area contributed by atoms with Gasteiger partial charge in [-0.15, -0.1) is 0 Å². The van der Waals surface area contributed by atoms with E-state index in [1.165, 1.54) is 35.2 Å². The highest BCUT2D eigenvalue weighted by Crippen LogP contribution is 2.56. The number of amides is 3. The second-order valence-corrected chi connectivity index (χ2v) is 11.4. The Balaban J connectivity index is 2.23. The third-order valence-corrected chi connectivity index (χ3v) is 7.16. The van der Waals surface area contributed by atoms with Gasteiger partial charge in [-0.1, -0.05) is 62.2 Å². The quantitative estimate of drug-likeness (QED) is 0.406. The third kappa shape index (κ3) is 6.00. The van der Waals surface area contributed by atoms with Gasteiger partial charge in [-0.05, 0) is 36.5 Å². The number of primary amides is 1. The molecule has 1 heterocycles. The summed E-state index contributed by atoms with van der Waals surface area (Å²) in [5.41, 5.74) is 3.26. The number of urea groups is 1. The van der Waals surface area contributed by atoms with Crippen LogP contribution in [0.4, 0.5) is 13.6 Å². The lowest BCUT2D eigenvalue weighted by atomic mass is 9.63. The van der Waals surface area contributed by atoms with E-state index in [2.05, 4.69) is 11.4 Å². The number of likely N-dealkylation sites (tertiary alicyclic amines) is 1. The SMILES string of the molecule is CC(C)(C)C[C@@H]1CN(C(=O)NCCCC(N)=O)[C@H](c2cccc(Cl)c2F)[C@@]1(C#N)c1ccc(Cl)cc1F. The lowest BCUT2D eigenvalue weighted by Crippen LogP contribution is -2.44. The fraction of sp³-hybridized carbons (Fsp3) is 0.444. The number of carbonyl (C=O) groups excluding carboxylic acids is 2. The zero-order valence-corrected chi connectivity index (χ0v) is 22.5. The van der Waals surface area contributed by atoms with Gasteiger partial charge in [0.05, 0.1) is 17.1 Å². The Labute approximate surface area is 225 Å². The van der Waals surface area contributed by atoms with Gasteiger partial charge >= 0.3 is 6.03 Å². The number of nitrogens with two attached hydrogens (primary N) is 1. The van der Waals surface area contributed by atoms with Gasteiger partial charge in [-0.3, -0.25) is 4.79 Å². The van der Waals surface area contributed by atoms with Crippen LogP contribution in [0, 0.1) is 34.3 Å². The van der Waals surface area contributed by atoms with Gasteiger partial charge in [0.2, 0.25) is 5.91 Å². The number of rotatable bonds is 7. The molecule has 0 aliphatic carbocycles. The van der Waals surface area contributed by atoms with E-state index in [9.17, 15) is 14.9 Å². The molecular formula is C27H30Cl2F2N4O2. The van der Waals surface area contributed by atoms with Crippen LogP contribution < -0.4 is 11.1 Å². The van der Waals surface area contributed by atoms with Crippen molar-refractivity contribution in [2.75, 3.05) is 13.1 Å². The number of benzene rings is 2. The molecule has 0 bridgehead atoms. The summed E-state index contributed by atoms with van der Waals surface area (Å²) in [6.07, 6.45) is 0.829. The first-order chi connectivity index (χ1) is 17.3. The summed E-state index contributed by atoms with van der Waals surface area (Å²) in [5, 5.41) is 13.5. The fourth-order valence-electron chi connectivity index (χ4n) is 5.23. The minimum absolute atomic E-state index is 0.00657. The number of hydrogen-bond donors (Lipinski definition) is 2. The van der Waals surface area contributed by atoms with E-state index in [1.807, 2.05) is 20.8 Å². The summed E-state index contributed by atoms with van der Waals surface area (Å²) in [5.74, 6) is -2.57. The summed E-state index contributed by atoms with van der Waals surface area (Å²) in [4.78, 5) is 25.9. The molecule has 0 aromatic heterocycles. The molecule has 0 radical (unpaired) electrons. The van der Waals surface area contributed by atoms with E-state index in [0.717, 1.165) is 6.07 Å². The van der Waals surface area contributed by atoms with Crippen molar-refractivity contribution in [3.05, 3.63) is 69.2 Å². The maximum atomic E-state index is 15.5. The van der Waals surface area contributed by atoms with E-state index < -0.39 is 40.9 Å². The first-order valence-corrected chi connectivity index (χ1v) is 12.7. The molecule has 10 heteroatoms. The van der Waals surface area contributed by atoms with E-state index in [-0.39, 0.29) is 46.1 Å². The number of halogens is 4. The Bertz CT molecular complexity index is 1230. The smallest absolute Gasteiger partial charge is 0.317 e. The summed E-state index contributed by atoms with van der Waals surface area (Å²) in [6, 6.07) is 8.92. The zero-order chi connectivity index (χ0) is 27.5. The van der Waals surface area contributed by atoms with E-state index in [0.29, 0.717) is 12.8 Å². The van der Waals surface area contributed by atoms with Crippen molar-refractivity contribution in [2.45, 2.75) is 51.5 Å². The number of hydrogen-bond acceptors (Lipinski definition) is 3. The van der Waals surface area contributed by atoms with Crippen molar-refractivity contribution < 1.29 is 18.4 Å². The molecule has 3 N–H and O–H groups in total. The maximum Gasteiger partial charge on any atom is 0.317 e. The minimum Gasteiger partial charge on any atom is -0.370 e. The normalized spacial score (nSPS) is 21.5. The van der Waals surface area contributed by atoms with E-state index >= 15 is 8.78 Å². The molecule has 198 valence electrons. The largest absolute Gasteiger partial charge is 0.370 e. The first-order valence-electron chi connectivity index (χ1n) is 11.9. The van der Waals surface area contributed by atoms with Crippen molar-refractivity contribution in [2.24, 2.45) is 17.1 Å². The van der Waals surface area contributed by atoms with Gasteiger partial charge in [0.15, 0.2) is 0 Å². The van der Waals surface area contributed by atoms with Crippen molar-refractivity contribution in [3.8, 4) is 6.07 Å². The summed E-state index contributed by atoms with van der Waals surface area (Å²) >= 11 is 12.1. The van der Waals surface area contributed by atoms with E-state index in [1.54, 1.807) is 0 Å². The van der Waals surface area contributed by atoms with Gasteiger partial charge in [-0.2, -0.15) is 5.26 Å². The molecule has 0 saturated carbocycles. The van der Waals surface area contributed by atoms with Gasteiger partial charge in [0, 0.05) is 41.6 Å². The summed E-state index contributed by atoms with van der Waals surface area (Å²) in [7, 11) is 0.